The summed E-state index contributed by atoms with van der Waals surface area (Å²) in [7, 11) is 3.85. The Labute approximate surface area is 205 Å². The molecule has 0 spiro atoms. The van der Waals surface area contributed by atoms with Crippen LogP contribution in [0.1, 0.15) is 30.5 Å². The fraction of sp³-hybridized carbons (Fsp3) is 0.385. The molecule has 0 saturated carbocycles. The van der Waals surface area contributed by atoms with E-state index in [2.05, 4.69) is 52.0 Å². The van der Waals surface area contributed by atoms with Crippen molar-refractivity contribution in [3.8, 4) is 5.69 Å². The minimum Gasteiger partial charge on any atom is -0.302 e. The van der Waals surface area contributed by atoms with Crippen molar-refractivity contribution in [2.24, 2.45) is 5.10 Å². The van der Waals surface area contributed by atoms with Crippen molar-refractivity contribution < 1.29 is 4.39 Å². The summed E-state index contributed by atoms with van der Waals surface area (Å²) < 4.78 is 17.7. The van der Waals surface area contributed by atoms with Crippen LogP contribution < -0.4 is 0 Å². The Morgan fingerprint density at radius 3 is 2.71 bits per heavy atom. The molecule has 0 amide bonds. The number of benzene rings is 2. The second-order valence-corrected chi connectivity index (χ2v) is 9.94. The van der Waals surface area contributed by atoms with E-state index in [1.807, 2.05) is 36.1 Å². The predicted molar refractivity (Wildman–Crippen MR) is 141 cm³/mol. The first kappa shape index (κ1) is 24.4. The second-order valence-electron chi connectivity index (χ2n) is 8.82. The van der Waals surface area contributed by atoms with Gasteiger partial charge in [0, 0.05) is 45.2 Å². The van der Waals surface area contributed by atoms with E-state index in [1.54, 1.807) is 24.1 Å². The molecule has 1 aromatic heterocycles. The van der Waals surface area contributed by atoms with Crippen LogP contribution in [0.3, 0.4) is 0 Å². The number of aryl methyl sites for hydroxylation is 1. The number of hydrazone groups is 1. The molecule has 34 heavy (non-hydrogen) atoms. The fourth-order valence-corrected chi connectivity index (χ4v) is 5.42. The summed E-state index contributed by atoms with van der Waals surface area (Å²) in [6, 6.07) is 11.2. The molecule has 1 aliphatic rings. The highest BCUT2D eigenvalue weighted by Gasteiger charge is 2.30. The molecule has 1 aliphatic heterocycles. The van der Waals surface area contributed by atoms with E-state index in [0.717, 1.165) is 54.2 Å². The van der Waals surface area contributed by atoms with Crippen LogP contribution in [-0.2, 0) is 0 Å². The van der Waals surface area contributed by atoms with Gasteiger partial charge in [-0.2, -0.15) is 10.2 Å². The summed E-state index contributed by atoms with van der Waals surface area (Å²) in [5, 5.41) is 13.0. The number of aromatic nitrogens is 2. The number of rotatable bonds is 7. The largest absolute Gasteiger partial charge is 0.302 e. The molecule has 1 atom stereocenters. The lowest BCUT2D eigenvalue weighted by Crippen LogP contribution is -2.46. The quantitative estimate of drug-likeness (QED) is 0.200. The third kappa shape index (κ3) is 5.35. The number of nitrogens with zero attached hydrogens (tertiary/aromatic N) is 6. The Kier molecular flexibility index (Phi) is 7.70. The van der Waals surface area contributed by atoms with Crippen molar-refractivity contribution in [1.29, 1.82) is 0 Å². The lowest BCUT2D eigenvalue weighted by atomic mass is 9.96. The minimum atomic E-state index is -0.246. The molecule has 4 rings (SSSR count). The summed E-state index contributed by atoms with van der Waals surface area (Å²) in [5.74, 6) is -0.246. The van der Waals surface area contributed by atoms with Crippen LogP contribution in [0.2, 0.25) is 0 Å². The molecule has 0 bridgehead atoms. The van der Waals surface area contributed by atoms with Crippen LogP contribution >= 0.6 is 11.9 Å². The smallest absolute Gasteiger partial charge is 0.131 e. The van der Waals surface area contributed by atoms with Gasteiger partial charge in [0.2, 0.25) is 0 Å². The molecule has 1 fully saturated rings. The van der Waals surface area contributed by atoms with Crippen LogP contribution in [0, 0.1) is 12.7 Å². The molecule has 1 unspecified atom stereocenters. The highest BCUT2D eigenvalue weighted by atomic mass is 32.2. The molecule has 3 aromatic rings. The highest BCUT2D eigenvalue weighted by Crippen LogP contribution is 2.34. The van der Waals surface area contributed by atoms with Crippen molar-refractivity contribution >= 4 is 27.9 Å². The Hall–Kier alpha value is -2.68. The van der Waals surface area contributed by atoms with Crippen molar-refractivity contribution in [2.75, 3.05) is 40.3 Å². The van der Waals surface area contributed by atoms with Crippen LogP contribution in [0.25, 0.3) is 16.6 Å². The van der Waals surface area contributed by atoms with Crippen molar-refractivity contribution in [2.45, 2.75) is 26.3 Å². The summed E-state index contributed by atoms with van der Waals surface area (Å²) >= 11 is 1.67. The van der Waals surface area contributed by atoms with E-state index in [1.165, 1.54) is 23.3 Å². The van der Waals surface area contributed by atoms with Gasteiger partial charge in [-0.3, -0.25) is 4.90 Å². The molecule has 0 N–H and O–H groups in total. The molecule has 2 heterocycles. The van der Waals surface area contributed by atoms with Crippen molar-refractivity contribution in [3.63, 3.8) is 0 Å². The summed E-state index contributed by atoms with van der Waals surface area (Å²) in [5.41, 5.74) is 4.45. The zero-order chi connectivity index (χ0) is 24.2. The Morgan fingerprint density at radius 2 is 2.03 bits per heavy atom. The van der Waals surface area contributed by atoms with Gasteiger partial charge in [0.05, 0.1) is 17.4 Å². The molecule has 8 heteroatoms. The van der Waals surface area contributed by atoms with Gasteiger partial charge in [-0.05, 0) is 85.4 Å². The number of hydrogen-bond donors (Lipinski definition) is 0. The summed E-state index contributed by atoms with van der Waals surface area (Å²) in [6.07, 6.45) is 4.84. The first-order chi connectivity index (χ1) is 16.4. The van der Waals surface area contributed by atoms with Gasteiger partial charge < -0.3 is 5.01 Å². The van der Waals surface area contributed by atoms with Gasteiger partial charge in [0.1, 0.15) is 10.9 Å². The standard InChI is InChI=1S/C26H33FN6S/c1-6-12-31-13-14-32(34-26(7-2)29-30(4)5)18-25(31)23-16-20-17-28-33(24(20)15-19(23)3)22-10-8-21(27)9-11-22/h7-11,15-17,25H,2,6,12-14,18H2,1,3-5H3/b29-26+. The average Bonchev–Trinajstić information content (AvgIpc) is 3.22. The molecular formula is C26H33FN6S. The average molecular weight is 481 g/mol. The van der Waals surface area contributed by atoms with E-state index < -0.39 is 0 Å². The molecule has 1 saturated heterocycles. The zero-order valence-electron chi connectivity index (χ0n) is 20.4. The lowest BCUT2D eigenvalue weighted by molar-refractivity contribution is 0.124. The number of fused-ring (bicyclic) bond motifs is 1. The molecule has 0 aliphatic carbocycles. The van der Waals surface area contributed by atoms with E-state index in [4.69, 9.17) is 0 Å². The maximum absolute atomic E-state index is 13.4. The maximum Gasteiger partial charge on any atom is 0.131 e. The summed E-state index contributed by atoms with van der Waals surface area (Å²) in [4.78, 5) is 2.59. The molecule has 6 nitrogen and oxygen atoms in total. The Balaban J connectivity index is 1.66. The Morgan fingerprint density at radius 1 is 1.26 bits per heavy atom. The van der Waals surface area contributed by atoms with Gasteiger partial charge in [-0.25, -0.2) is 13.4 Å². The van der Waals surface area contributed by atoms with Crippen molar-refractivity contribution in [3.05, 3.63) is 72.2 Å². The maximum atomic E-state index is 13.4. The first-order valence-electron chi connectivity index (χ1n) is 11.7. The van der Waals surface area contributed by atoms with Gasteiger partial charge in [-0.1, -0.05) is 13.5 Å². The van der Waals surface area contributed by atoms with Gasteiger partial charge in [0.25, 0.3) is 0 Å². The van der Waals surface area contributed by atoms with Crippen LogP contribution in [0.5, 0.6) is 0 Å². The van der Waals surface area contributed by atoms with Crippen molar-refractivity contribution in [1.82, 2.24) is 24.0 Å². The van der Waals surface area contributed by atoms with Gasteiger partial charge in [0.15, 0.2) is 0 Å². The summed E-state index contributed by atoms with van der Waals surface area (Å²) in [6.45, 7) is 12.3. The van der Waals surface area contributed by atoms with Crippen LogP contribution in [0.4, 0.5) is 4.39 Å². The number of hydrogen-bond acceptors (Lipinski definition) is 6. The number of piperazine rings is 1. The monoisotopic (exact) mass is 480 g/mol. The topological polar surface area (TPSA) is 39.9 Å². The van der Waals surface area contributed by atoms with Gasteiger partial charge in [-0.15, -0.1) is 0 Å². The first-order valence-corrected chi connectivity index (χ1v) is 12.5. The number of halogens is 1. The van der Waals surface area contributed by atoms with E-state index in [0.29, 0.717) is 0 Å². The highest BCUT2D eigenvalue weighted by molar-refractivity contribution is 8.12. The normalized spacial score (nSPS) is 17.9. The Bertz CT molecular complexity index is 1170. The molecule has 180 valence electrons. The predicted octanol–water partition coefficient (Wildman–Crippen LogP) is 5.25. The minimum absolute atomic E-state index is 0.246. The van der Waals surface area contributed by atoms with E-state index >= 15 is 0 Å². The molecule has 2 aromatic carbocycles. The van der Waals surface area contributed by atoms with Gasteiger partial charge >= 0.3 is 0 Å². The van der Waals surface area contributed by atoms with Crippen LogP contribution in [0.15, 0.2) is 60.4 Å². The fourth-order valence-electron chi connectivity index (χ4n) is 4.50. The molecule has 0 radical (unpaired) electrons. The zero-order valence-corrected chi connectivity index (χ0v) is 21.2. The molecular weight excluding hydrogens is 447 g/mol. The van der Waals surface area contributed by atoms with Crippen LogP contribution in [-0.4, -0.2) is 69.3 Å². The lowest BCUT2D eigenvalue weighted by Gasteiger charge is -2.41. The SMILES string of the molecule is C=C/C(=N\N(C)C)SN1CCN(CCC)C(c2cc3cnn(-c4ccc(F)cc4)c3cc2C)C1. The van der Waals surface area contributed by atoms with E-state index in [9.17, 15) is 4.39 Å². The second kappa shape index (κ2) is 10.7. The third-order valence-electron chi connectivity index (χ3n) is 6.05. The van der Waals surface area contributed by atoms with E-state index in [-0.39, 0.29) is 11.9 Å². The third-order valence-corrected chi connectivity index (χ3v) is 7.07.